The molecule has 0 radical (unpaired) electrons. The fraction of sp³-hybridized carbons (Fsp3) is 0.440. The molecule has 0 atom stereocenters. The molecular weight excluding hydrogens is 436 g/mol. The average Bonchev–Trinajstić information content (AvgIpc) is 3.46. The topological polar surface area (TPSA) is 67.2 Å². The van der Waals surface area contributed by atoms with Crippen LogP contribution in [-0.2, 0) is 10.2 Å². The van der Waals surface area contributed by atoms with E-state index < -0.39 is 5.41 Å². The molecule has 1 amide bonds. The van der Waals surface area contributed by atoms with E-state index in [0.717, 1.165) is 67.4 Å². The number of aryl methyl sites for hydroxylation is 2. The van der Waals surface area contributed by atoms with Crippen LogP contribution in [0.2, 0.25) is 5.02 Å². The number of carbonyl (C=O) groups is 1. The van der Waals surface area contributed by atoms with Crippen molar-refractivity contribution in [3.8, 4) is 5.82 Å². The number of aromatic nitrogens is 4. The first kappa shape index (κ1) is 21.9. The van der Waals surface area contributed by atoms with Crippen LogP contribution in [0.5, 0.6) is 0 Å². The van der Waals surface area contributed by atoms with Crippen LogP contribution >= 0.6 is 11.6 Å². The Kier molecular flexibility index (Phi) is 5.83. The summed E-state index contributed by atoms with van der Waals surface area (Å²) in [4.78, 5) is 26.9. The molecule has 172 valence electrons. The van der Waals surface area contributed by atoms with Crippen LogP contribution in [0.15, 0.2) is 42.7 Å². The molecule has 1 aliphatic carbocycles. The van der Waals surface area contributed by atoms with E-state index >= 15 is 0 Å². The molecule has 0 unspecified atom stereocenters. The lowest BCUT2D eigenvalue weighted by atomic mass is 9.77. The fourth-order valence-electron chi connectivity index (χ4n) is 5.30. The zero-order chi connectivity index (χ0) is 23.0. The number of rotatable bonds is 4. The zero-order valence-corrected chi connectivity index (χ0v) is 19.9. The Balaban J connectivity index is 1.31. The zero-order valence-electron chi connectivity index (χ0n) is 19.2. The van der Waals surface area contributed by atoms with Gasteiger partial charge in [-0.05, 0) is 50.5 Å². The Morgan fingerprint density at radius 2 is 1.61 bits per heavy atom. The second-order valence-electron chi connectivity index (χ2n) is 9.15. The molecule has 7 nitrogen and oxygen atoms in total. The van der Waals surface area contributed by atoms with Gasteiger partial charge in [0.15, 0.2) is 5.82 Å². The van der Waals surface area contributed by atoms with Gasteiger partial charge in [0.2, 0.25) is 5.91 Å². The predicted molar refractivity (Wildman–Crippen MR) is 129 cm³/mol. The van der Waals surface area contributed by atoms with Crippen molar-refractivity contribution in [3.05, 3.63) is 64.7 Å². The minimum Gasteiger partial charge on any atom is -0.353 e. The molecule has 1 aromatic carbocycles. The Morgan fingerprint density at radius 3 is 2.24 bits per heavy atom. The van der Waals surface area contributed by atoms with Crippen molar-refractivity contribution in [2.45, 2.75) is 44.9 Å². The minimum atomic E-state index is -0.412. The predicted octanol–water partition coefficient (Wildman–Crippen LogP) is 4.09. The van der Waals surface area contributed by atoms with E-state index in [4.69, 9.17) is 11.6 Å². The molecule has 0 bridgehead atoms. The number of amides is 1. The smallest absolute Gasteiger partial charge is 0.233 e. The third-order valence-electron chi connectivity index (χ3n) is 7.02. The molecule has 33 heavy (non-hydrogen) atoms. The molecule has 0 N–H and O–H groups in total. The van der Waals surface area contributed by atoms with Crippen molar-refractivity contribution in [1.82, 2.24) is 24.6 Å². The maximum Gasteiger partial charge on any atom is 0.233 e. The lowest BCUT2D eigenvalue weighted by Crippen LogP contribution is -2.54. The highest BCUT2D eigenvalue weighted by atomic mass is 35.5. The van der Waals surface area contributed by atoms with Gasteiger partial charge in [-0.15, -0.1) is 0 Å². The number of benzene rings is 1. The number of halogens is 1. The minimum absolute atomic E-state index is 0.257. The number of piperazine rings is 1. The maximum atomic E-state index is 13.8. The molecule has 1 aliphatic heterocycles. The maximum absolute atomic E-state index is 13.8. The lowest BCUT2D eigenvalue weighted by molar-refractivity contribution is -0.137. The first-order chi connectivity index (χ1) is 16.0. The van der Waals surface area contributed by atoms with E-state index in [2.05, 4.69) is 20.0 Å². The number of hydrogen-bond donors (Lipinski definition) is 0. The van der Waals surface area contributed by atoms with Crippen LogP contribution in [0.25, 0.3) is 5.82 Å². The lowest BCUT2D eigenvalue weighted by Gasteiger charge is -2.40. The normalized spacial score (nSPS) is 18.0. The van der Waals surface area contributed by atoms with Crippen LogP contribution in [0.1, 0.15) is 42.6 Å². The van der Waals surface area contributed by atoms with Gasteiger partial charge >= 0.3 is 0 Å². The monoisotopic (exact) mass is 464 g/mol. The third-order valence-corrected chi connectivity index (χ3v) is 7.27. The summed E-state index contributed by atoms with van der Waals surface area (Å²) in [6.45, 7) is 6.86. The first-order valence-electron chi connectivity index (χ1n) is 11.6. The van der Waals surface area contributed by atoms with Crippen LogP contribution in [0, 0.1) is 13.8 Å². The second kappa shape index (κ2) is 8.78. The van der Waals surface area contributed by atoms with Crippen molar-refractivity contribution >= 4 is 23.3 Å². The largest absolute Gasteiger partial charge is 0.353 e. The SMILES string of the molecule is Cc1cc(C)n(-c2cc(N3CCN(C(=O)C4(c5ccc(Cl)cc5)CCCC4)CC3)ncn2)n1. The quantitative estimate of drug-likeness (QED) is 0.581. The van der Waals surface area contributed by atoms with Gasteiger partial charge in [0.25, 0.3) is 0 Å². The van der Waals surface area contributed by atoms with Gasteiger partial charge in [-0.1, -0.05) is 36.6 Å². The third kappa shape index (κ3) is 4.10. The summed E-state index contributed by atoms with van der Waals surface area (Å²) in [5.74, 6) is 1.89. The molecule has 1 saturated heterocycles. The van der Waals surface area contributed by atoms with Gasteiger partial charge in [-0.3, -0.25) is 4.79 Å². The van der Waals surface area contributed by atoms with Crippen LogP contribution in [0.4, 0.5) is 5.82 Å². The summed E-state index contributed by atoms with van der Waals surface area (Å²) in [7, 11) is 0. The van der Waals surface area contributed by atoms with E-state index in [1.807, 2.05) is 59.8 Å². The molecule has 1 saturated carbocycles. The summed E-state index contributed by atoms with van der Waals surface area (Å²) >= 11 is 6.11. The molecule has 0 spiro atoms. The van der Waals surface area contributed by atoms with Crippen molar-refractivity contribution in [2.75, 3.05) is 31.1 Å². The molecule has 3 aromatic rings. The van der Waals surface area contributed by atoms with Crippen LogP contribution in [0.3, 0.4) is 0 Å². The van der Waals surface area contributed by atoms with Gasteiger partial charge in [0, 0.05) is 43.0 Å². The van der Waals surface area contributed by atoms with E-state index in [9.17, 15) is 4.79 Å². The van der Waals surface area contributed by atoms with Crippen LogP contribution < -0.4 is 4.90 Å². The van der Waals surface area contributed by atoms with Gasteiger partial charge in [-0.25, -0.2) is 14.6 Å². The highest BCUT2D eigenvalue weighted by Crippen LogP contribution is 2.43. The molecule has 8 heteroatoms. The van der Waals surface area contributed by atoms with Crippen molar-refractivity contribution in [3.63, 3.8) is 0 Å². The van der Waals surface area contributed by atoms with Gasteiger partial charge in [-0.2, -0.15) is 5.10 Å². The Hall–Kier alpha value is -2.93. The molecule has 2 aromatic heterocycles. The molecule has 2 aliphatic rings. The highest BCUT2D eigenvalue weighted by molar-refractivity contribution is 6.30. The Labute approximate surface area is 199 Å². The summed E-state index contributed by atoms with van der Waals surface area (Å²) < 4.78 is 1.84. The first-order valence-corrected chi connectivity index (χ1v) is 12.0. The molecule has 3 heterocycles. The molecule has 2 fully saturated rings. The van der Waals surface area contributed by atoms with Crippen molar-refractivity contribution in [2.24, 2.45) is 0 Å². The fourth-order valence-corrected chi connectivity index (χ4v) is 5.43. The Morgan fingerprint density at radius 1 is 0.939 bits per heavy atom. The van der Waals surface area contributed by atoms with E-state index in [-0.39, 0.29) is 5.91 Å². The van der Waals surface area contributed by atoms with Crippen molar-refractivity contribution in [1.29, 1.82) is 0 Å². The van der Waals surface area contributed by atoms with Gasteiger partial charge < -0.3 is 9.80 Å². The highest BCUT2D eigenvalue weighted by Gasteiger charge is 2.45. The number of hydrogen-bond acceptors (Lipinski definition) is 5. The van der Waals surface area contributed by atoms with Crippen molar-refractivity contribution < 1.29 is 4.79 Å². The molecular formula is C25H29ClN6O. The number of anilines is 1. The number of nitrogens with zero attached hydrogens (tertiary/aromatic N) is 6. The standard InChI is InChI=1S/C25H29ClN6O/c1-18-15-19(2)32(29-18)23-16-22(27-17-28-23)30-11-13-31(14-12-30)24(33)25(9-3-4-10-25)20-5-7-21(26)8-6-20/h5-8,15-17H,3-4,9-14H2,1-2H3. The summed E-state index contributed by atoms with van der Waals surface area (Å²) in [6.07, 6.45) is 5.58. The van der Waals surface area contributed by atoms with Gasteiger partial charge in [0.05, 0.1) is 11.1 Å². The van der Waals surface area contributed by atoms with E-state index in [1.165, 1.54) is 0 Å². The number of carbonyl (C=O) groups excluding carboxylic acids is 1. The molecule has 5 rings (SSSR count). The van der Waals surface area contributed by atoms with E-state index in [1.54, 1.807) is 6.33 Å². The van der Waals surface area contributed by atoms with Crippen LogP contribution in [-0.4, -0.2) is 56.7 Å². The summed E-state index contributed by atoms with van der Waals surface area (Å²) in [5, 5.41) is 5.24. The average molecular weight is 465 g/mol. The summed E-state index contributed by atoms with van der Waals surface area (Å²) in [5.41, 5.74) is 2.68. The Bertz CT molecular complexity index is 1140. The summed E-state index contributed by atoms with van der Waals surface area (Å²) in [6, 6.07) is 11.9. The van der Waals surface area contributed by atoms with Gasteiger partial charge in [0.1, 0.15) is 12.1 Å². The van der Waals surface area contributed by atoms with E-state index in [0.29, 0.717) is 18.1 Å². The second-order valence-corrected chi connectivity index (χ2v) is 9.59.